The summed E-state index contributed by atoms with van der Waals surface area (Å²) in [6, 6.07) is 19.1. The first-order chi connectivity index (χ1) is 13.5. The summed E-state index contributed by atoms with van der Waals surface area (Å²) in [7, 11) is 3.67. The third-order valence-corrected chi connectivity index (χ3v) is 4.27. The third-order valence-electron chi connectivity index (χ3n) is 4.27. The molecule has 28 heavy (non-hydrogen) atoms. The molecule has 3 rings (SSSR count). The Morgan fingerprint density at radius 3 is 2.04 bits per heavy atom. The van der Waals surface area contributed by atoms with Crippen molar-refractivity contribution in [1.29, 1.82) is 0 Å². The number of hydrogen-bond acceptors (Lipinski definition) is 6. The Kier molecular flexibility index (Phi) is 6.68. The van der Waals surface area contributed by atoms with Crippen molar-refractivity contribution < 1.29 is 24.1 Å². The van der Waals surface area contributed by atoms with Gasteiger partial charge in [-0.2, -0.15) is 0 Å². The number of carbonyl (C=O) groups excluding carboxylic acids is 1. The van der Waals surface area contributed by atoms with Crippen LogP contribution in [0.5, 0.6) is 0 Å². The molecule has 2 atom stereocenters. The van der Waals surface area contributed by atoms with Crippen LogP contribution < -0.4 is 0 Å². The van der Waals surface area contributed by atoms with Crippen LogP contribution in [0.3, 0.4) is 0 Å². The van der Waals surface area contributed by atoms with Gasteiger partial charge in [0.2, 0.25) is 5.76 Å². The van der Waals surface area contributed by atoms with E-state index in [-0.39, 0.29) is 24.7 Å². The lowest BCUT2D eigenvalue weighted by Gasteiger charge is -2.22. The molecule has 1 aliphatic heterocycles. The van der Waals surface area contributed by atoms with E-state index >= 15 is 0 Å². The fraction of sp³-hybridized carbons (Fsp3) is 0.318. The number of cyclic esters (lactones) is 1. The molecule has 1 aliphatic rings. The van der Waals surface area contributed by atoms with E-state index in [9.17, 15) is 9.90 Å². The third kappa shape index (κ3) is 5.12. The summed E-state index contributed by atoms with van der Waals surface area (Å²) < 4.78 is 17.0. The van der Waals surface area contributed by atoms with E-state index in [1.54, 1.807) is 0 Å². The first-order valence-corrected chi connectivity index (χ1v) is 9.16. The second kappa shape index (κ2) is 9.39. The molecule has 0 aliphatic carbocycles. The molecule has 2 aromatic rings. The van der Waals surface area contributed by atoms with Gasteiger partial charge in [0.05, 0.1) is 0 Å². The van der Waals surface area contributed by atoms with Gasteiger partial charge in [-0.05, 0) is 25.2 Å². The van der Waals surface area contributed by atoms with Crippen LogP contribution in [0.4, 0.5) is 0 Å². The summed E-state index contributed by atoms with van der Waals surface area (Å²) in [6.07, 6.45) is -1.83. The van der Waals surface area contributed by atoms with Gasteiger partial charge >= 0.3 is 5.97 Å². The number of ether oxygens (including phenoxy) is 3. The van der Waals surface area contributed by atoms with Gasteiger partial charge in [-0.1, -0.05) is 60.7 Å². The van der Waals surface area contributed by atoms with Crippen LogP contribution in [0.2, 0.25) is 0 Å². The summed E-state index contributed by atoms with van der Waals surface area (Å²) in [4.78, 5) is 14.2. The molecule has 0 amide bonds. The standard InChI is InChI=1S/C22H25NO5/c1-23(2)13-18(24)19-20(26-14-16-9-5-3-6-10-16)21(22(25)28-19)27-15-17-11-7-4-8-12-17/h3-12,18-19,24H,13-15H2,1-2H3/t18-,19-/m1/s1. The molecular formula is C22H25NO5. The summed E-state index contributed by atoms with van der Waals surface area (Å²) in [5.74, 6) is -0.372. The van der Waals surface area contributed by atoms with Crippen LogP contribution in [0.15, 0.2) is 72.2 Å². The van der Waals surface area contributed by atoms with Gasteiger partial charge in [-0.15, -0.1) is 0 Å². The smallest absolute Gasteiger partial charge is 0.378 e. The molecule has 148 valence electrons. The molecule has 1 heterocycles. The fourth-order valence-electron chi connectivity index (χ4n) is 2.92. The molecule has 6 heteroatoms. The molecule has 0 spiro atoms. The number of hydrogen-bond donors (Lipinski definition) is 1. The van der Waals surface area contributed by atoms with Crippen LogP contribution in [0, 0.1) is 0 Å². The Morgan fingerprint density at radius 2 is 1.50 bits per heavy atom. The predicted octanol–water partition coefficient (Wildman–Crippen LogP) is 2.48. The van der Waals surface area contributed by atoms with Crippen LogP contribution in [0.25, 0.3) is 0 Å². The topological polar surface area (TPSA) is 68.2 Å². The molecule has 0 saturated heterocycles. The van der Waals surface area contributed by atoms with E-state index in [0.717, 1.165) is 11.1 Å². The molecule has 2 aromatic carbocycles. The van der Waals surface area contributed by atoms with Crippen molar-refractivity contribution in [3.8, 4) is 0 Å². The van der Waals surface area contributed by atoms with Crippen molar-refractivity contribution in [2.75, 3.05) is 20.6 Å². The average molecular weight is 383 g/mol. The maximum absolute atomic E-state index is 12.4. The molecular weight excluding hydrogens is 358 g/mol. The molecule has 1 N–H and O–H groups in total. The van der Waals surface area contributed by atoms with Crippen molar-refractivity contribution >= 4 is 5.97 Å². The Bertz CT molecular complexity index is 804. The zero-order chi connectivity index (χ0) is 19.9. The van der Waals surface area contributed by atoms with Gasteiger partial charge in [-0.25, -0.2) is 4.79 Å². The minimum atomic E-state index is -0.928. The molecule has 0 radical (unpaired) electrons. The van der Waals surface area contributed by atoms with E-state index in [4.69, 9.17) is 14.2 Å². The number of nitrogens with zero attached hydrogens (tertiary/aromatic N) is 1. The molecule has 6 nitrogen and oxygen atoms in total. The van der Waals surface area contributed by atoms with E-state index in [1.165, 1.54) is 0 Å². The molecule has 0 fully saturated rings. The number of likely N-dealkylation sites (N-methyl/N-ethyl adjacent to an activating group) is 1. The molecule has 0 aromatic heterocycles. The van der Waals surface area contributed by atoms with Crippen molar-refractivity contribution in [1.82, 2.24) is 4.90 Å². The maximum atomic E-state index is 12.4. The van der Waals surface area contributed by atoms with Gasteiger partial charge in [0.1, 0.15) is 19.3 Å². The maximum Gasteiger partial charge on any atom is 0.378 e. The summed E-state index contributed by atoms with van der Waals surface area (Å²) in [5.41, 5.74) is 1.86. The lowest BCUT2D eigenvalue weighted by Crippen LogP contribution is -2.37. The Balaban J connectivity index is 1.80. The monoisotopic (exact) mass is 383 g/mol. The summed E-state index contributed by atoms with van der Waals surface area (Å²) >= 11 is 0. The second-order valence-corrected chi connectivity index (χ2v) is 6.90. The zero-order valence-corrected chi connectivity index (χ0v) is 16.1. The van der Waals surface area contributed by atoms with Gasteiger partial charge in [-0.3, -0.25) is 0 Å². The van der Waals surface area contributed by atoms with E-state index in [2.05, 4.69) is 0 Å². The van der Waals surface area contributed by atoms with Crippen molar-refractivity contribution in [3.63, 3.8) is 0 Å². The lowest BCUT2D eigenvalue weighted by molar-refractivity contribution is -0.148. The summed E-state index contributed by atoms with van der Waals surface area (Å²) in [6.45, 7) is 0.776. The molecule has 0 bridgehead atoms. The highest BCUT2D eigenvalue weighted by molar-refractivity contribution is 5.89. The number of esters is 1. The summed E-state index contributed by atoms with van der Waals surface area (Å²) in [5, 5.41) is 10.5. The number of aliphatic hydroxyl groups excluding tert-OH is 1. The average Bonchev–Trinajstić information content (AvgIpc) is 3.01. The SMILES string of the molecule is CN(C)C[C@@H](O)[C@H]1OC(=O)C(OCc2ccccc2)=C1OCc1ccccc1. The minimum absolute atomic E-state index is 0.0163. The van der Waals surface area contributed by atoms with Gasteiger partial charge in [0, 0.05) is 6.54 Å². The van der Waals surface area contributed by atoms with Gasteiger partial charge in [0.15, 0.2) is 11.9 Å². The van der Waals surface area contributed by atoms with Crippen molar-refractivity contribution in [2.45, 2.75) is 25.4 Å². The lowest BCUT2D eigenvalue weighted by atomic mass is 10.1. The van der Waals surface area contributed by atoms with Crippen molar-refractivity contribution in [2.24, 2.45) is 0 Å². The highest BCUT2D eigenvalue weighted by atomic mass is 16.6. The van der Waals surface area contributed by atoms with E-state index in [0.29, 0.717) is 6.54 Å². The second-order valence-electron chi connectivity index (χ2n) is 6.90. The first-order valence-electron chi connectivity index (χ1n) is 9.16. The van der Waals surface area contributed by atoms with E-state index in [1.807, 2.05) is 79.7 Å². The molecule has 0 unspecified atom stereocenters. The Hall–Kier alpha value is -2.83. The number of rotatable bonds is 9. The van der Waals surface area contributed by atoms with Crippen LogP contribution >= 0.6 is 0 Å². The predicted molar refractivity (Wildman–Crippen MR) is 104 cm³/mol. The van der Waals surface area contributed by atoms with Crippen molar-refractivity contribution in [3.05, 3.63) is 83.3 Å². The van der Waals surface area contributed by atoms with Crippen LogP contribution in [-0.2, 0) is 32.2 Å². The Labute approximate surface area is 164 Å². The quantitative estimate of drug-likeness (QED) is 0.671. The largest absolute Gasteiger partial charge is 0.485 e. The number of carbonyl (C=O) groups is 1. The number of aliphatic hydroxyl groups is 1. The fourth-order valence-corrected chi connectivity index (χ4v) is 2.92. The highest BCUT2D eigenvalue weighted by Crippen LogP contribution is 2.29. The minimum Gasteiger partial charge on any atom is -0.485 e. The van der Waals surface area contributed by atoms with E-state index < -0.39 is 18.2 Å². The normalized spacial score (nSPS) is 17.6. The van der Waals surface area contributed by atoms with Gasteiger partial charge < -0.3 is 24.2 Å². The van der Waals surface area contributed by atoms with Crippen LogP contribution in [-0.4, -0.2) is 48.8 Å². The zero-order valence-electron chi connectivity index (χ0n) is 16.1. The first kappa shape index (κ1) is 19.9. The number of benzene rings is 2. The Morgan fingerprint density at radius 1 is 0.964 bits per heavy atom. The van der Waals surface area contributed by atoms with Crippen LogP contribution in [0.1, 0.15) is 11.1 Å². The highest BCUT2D eigenvalue weighted by Gasteiger charge is 2.42. The van der Waals surface area contributed by atoms with Gasteiger partial charge in [0.25, 0.3) is 0 Å². The molecule has 0 saturated carbocycles.